The van der Waals surface area contributed by atoms with Gasteiger partial charge in [0.15, 0.2) is 11.5 Å². The summed E-state index contributed by atoms with van der Waals surface area (Å²) in [6.45, 7) is 4.96. The molecule has 8 heteroatoms. The Bertz CT molecular complexity index is 1060. The number of fused-ring (bicyclic) bond motifs is 1. The van der Waals surface area contributed by atoms with Crippen molar-refractivity contribution in [3.63, 3.8) is 0 Å². The number of aliphatic hydroxyl groups excluding tert-OH is 1. The van der Waals surface area contributed by atoms with Gasteiger partial charge in [0, 0.05) is 16.3 Å². The van der Waals surface area contributed by atoms with Crippen LogP contribution in [-0.2, 0) is 9.59 Å². The zero-order chi connectivity index (χ0) is 23.8. The summed E-state index contributed by atoms with van der Waals surface area (Å²) in [5.41, 5.74) is 4.17. The van der Waals surface area contributed by atoms with Crippen LogP contribution in [0.2, 0.25) is 5.02 Å². The molecule has 1 heterocycles. The van der Waals surface area contributed by atoms with E-state index in [-0.39, 0.29) is 18.0 Å². The van der Waals surface area contributed by atoms with Crippen LogP contribution in [0.1, 0.15) is 39.2 Å². The van der Waals surface area contributed by atoms with Crippen molar-refractivity contribution in [3.8, 4) is 12.3 Å². The van der Waals surface area contributed by atoms with Gasteiger partial charge in [-0.25, -0.2) is 0 Å². The molecule has 0 bridgehead atoms. The minimum atomic E-state index is -1.17. The first kappa shape index (κ1) is 24.8. The first-order valence-corrected chi connectivity index (χ1v) is 10.4. The highest BCUT2D eigenvalue weighted by atomic mass is 35.5. The highest BCUT2D eigenvalue weighted by molar-refractivity contribution is 6.30. The predicted molar refractivity (Wildman–Crippen MR) is 126 cm³/mol. The quantitative estimate of drug-likeness (QED) is 0.457. The molecular weight excluding hydrogens is 430 g/mol. The van der Waals surface area contributed by atoms with Gasteiger partial charge in [0.2, 0.25) is 0 Å². The van der Waals surface area contributed by atoms with Crippen LogP contribution in [0.4, 0.5) is 0 Å². The molecule has 2 aliphatic rings. The highest BCUT2D eigenvalue weighted by Crippen LogP contribution is 2.40. The van der Waals surface area contributed by atoms with Gasteiger partial charge in [-0.15, -0.1) is 12.3 Å². The monoisotopic (exact) mass is 455 g/mol. The van der Waals surface area contributed by atoms with E-state index < -0.39 is 18.4 Å². The largest absolute Gasteiger partial charge is 0.505 e. The third kappa shape index (κ3) is 6.02. The van der Waals surface area contributed by atoms with Gasteiger partial charge in [-0.2, -0.15) is 5.10 Å². The number of allylic oxidation sites excluding steroid dienone is 3. The number of nitrogens with one attached hydrogen (secondary N) is 1. The number of benzene rings is 1. The van der Waals surface area contributed by atoms with Crippen LogP contribution >= 0.6 is 11.6 Å². The van der Waals surface area contributed by atoms with Crippen molar-refractivity contribution < 1.29 is 19.8 Å². The number of carbonyl (C=O) groups is 2. The molecule has 1 amide bonds. The van der Waals surface area contributed by atoms with E-state index in [1.54, 1.807) is 20.8 Å². The molecule has 32 heavy (non-hydrogen) atoms. The van der Waals surface area contributed by atoms with Crippen LogP contribution in [0.3, 0.4) is 0 Å². The van der Waals surface area contributed by atoms with E-state index in [2.05, 4.69) is 22.8 Å². The van der Waals surface area contributed by atoms with Gasteiger partial charge < -0.3 is 15.5 Å². The summed E-state index contributed by atoms with van der Waals surface area (Å²) in [5.74, 6) is 0.192. The molecule has 0 saturated carbocycles. The van der Waals surface area contributed by atoms with E-state index in [0.29, 0.717) is 22.7 Å². The fraction of sp³-hybridized carbons (Fsp3) is 0.292. The second-order valence-corrected chi connectivity index (χ2v) is 7.72. The molecule has 1 aliphatic carbocycles. The minimum Gasteiger partial charge on any atom is -0.505 e. The number of halogens is 1. The average molecular weight is 456 g/mol. The van der Waals surface area contributed by atoms with E-state index in [4.69, 9.17) is 16.7 Å². The van der Waals surface area contributed by atoms with E-state index in [1.807, 2.05) is 30.3 Å². The molecule has 1 aromatic carbocycles. The average Bonchev–Trinajstić information content (AvgIpc) is 2.73. The van der Waals surface area contributed by atoms with Gasteiger partial charge in [0.1, 0.15) is 6.54 Å². The predicted octanol–water partition coefficient (Wildman–Crippen LogP) is 4.14. The van der Waals surface area contributed by atoms with E-state index in [0.717, 1.165) is 23.1 Å². The van der Waals surface area contributed by atoms with Gasteiger partial charge in [0.25, 0.3) is 5.91 Å². The molecule has 3 rings (SSSR count). The van der Waals surface area contributed by atoms with Crippen molar-refractivity contribution in [2.45, 2.75) is 33.6 Å². The third-order valence-corrected chi connectivity index (χ3v) is 4.86. The maximum Gasteiger partial charge on any atom is 0.322 e. The number of amides is 1. The number of terminal acetylenes is 1. The van der Waals surface area contributed by atoms with Crippen molar-refractivity contribution >= 4 is 34.8 Å². The van der Waals surface area contributed by atoms with Crippen molar-refractivity contribution in [1.82, 2.24) is 10.3 Å². The Kier molecular flexibility index (Phi) is 8.68. The Hall–Kier alpha value is -3.50. The standard InChI is InChI=1S/C21H22ClN3O4.C3H4/c1-12(2)24-25-11-17-15(13-6-8-14(22)9-7-13)4-3-5-16(17)20(28)19(25)21(29)23-10-18(26)27;1-3-2/h5-9,28H,3-4,10-11H2,1-2H3,(H,23,29)(H,26,27);1H,2H3. The van der Waals surface area contributed by atoms with Crippen molar-refractivity contribution in [1.29, 1.82) is 0 Å². The number of rotatable bonds is 5. The van der Waals surface area contributed by atoms with Crippen LogP contribution in [0.15, 0.2) is 58.0 Å². The SMILES string of the molecule is C#CC.CC(C)=NN1CC2=C(c3ccc(Cl)cc3)CCC=C2C(O)=C1C(=O)NCC(=O)O. The molecule has 0 fully saturated rings. The molecule has 1 aliphatic heterocycles. The fourth-order valence-corrected chi connectivity index (χ4v) is 3.58. The lowest BCUT2D eigenvalue weighted by molar-refractivity contribution is -0.137. The Morgan fingerprint density at radius 3 is 2.44 bits per heavy atom. The zero-order valence-electron chi connectivity index (χ0n) is 18.3. The smallest absolute Gasteiger partial charge is 0.322 e. The topological polar surface area (TPSA) is 102 Å². The second kappa shape index (κ2) is 11.2. The number of aliphatic hydroxyl groups is 1. The summed E-state index contributed by atoms with van der Waals surface area (Å²) < 4.78 is 0. The van der Waals surface area contributed by atoms with Crippen molar-refractivity contribution in [3.05, 3.63) is 63.5 Å². The van der Waals surface area contributed by atoms with E-state index >= 15 is 0 Å². The lowest BCUT2D eigenvalue weighted by atomic mass is 9.83. The van der Waals surface area contributed by atoms with Gasteiger partial charge in [-0.05, 0) is 62.5 Å². The molecule has 0 aromatic heterocycles. The fourth-order valence-electron chi connectivity index (χ4n) is 3.46. The molecular formula is C24H26ClN3O4. The summed E-state index contributed by atoms with van der Waals surface area (Å²) in [5, 5.41) is 28.5. The second-order valence-electron chi connectivity index (χ2n) is 7.29. The molecule has 0 saturated heterocycles. The zero-order valence-corrected chi connectivity index (χ0v) is 19.0. The Labute approximate surface area is 192 Å². The maximum absolute atomic E-state index is 12.6. The number of hydrogen-bond acceptors (Lipinski definition) is 5. The summed E-state index contributed by atoms with van der Waals surface area (Å²) in [6.07, 6.45) is 7.99. The molecule has 0 unspecified atom stereocenters. The normalized spacial score (nSPS) is 15.0. The van der Waals surface area contributed by atoms with Crippen LogP contribution in [0, 0.1) is 12.3 Å². The molecule has 168 valence electrons. The van der Waals surface area contributed by atoms with Gasteiger partial charge in [0.05, 0.1) is 6.54 Å². The summed E-state index contributed by atoms with van der Waals surface area (Å²) >= 11 is 6.01. The molecule has 0 radical (unpaired) electrons. The third-order valence-electron chi connectivity index (χ3n) is 4.61. The number of hydrazone groups is 1. The molecule has 7 nitrogen and oxygen atoms in total. The number of nitrogens with zero attached hydrogens (tertiary/aromatic N) is 2. The Morgan fingerprint density at radius 2 is 1.88 bits per heavy atom. The molecule has 0 spiro atoms. The maximum atomic E-state index is 12.6. The van der Waals surface area contributed by atoms with Gasteiger partial charge >= 0.3 is 5.97 Å². The van der Waals surface area contributed by atoms with E-state index in [9.17, 15) is 14.7 Å². The number of aliphatic carboxylic acids is 1. The van der Waals surface area contributed by atoms with Gasteiger partial charge in [-0.1, -0.05) is 29.8 Å². The van der Waals surface area contributed by atoms with Crippen LogP contribution in [0.5, 0.6) is 0 Å². The molecule has 3 N–H and O–H groups in total. The first-order valence-electron chi connectivity index (χ1n) is 9.98. The van der Waals surface area contributed by atoms with Crippen LogP contribution in [-0.4, -0.2) is 45.9 Å². The van der Waals surface area contributed by atoms with Crippen molar-refractivity contribution in [2.75, 3.05) is 13.1 Å². The number of hydrogen-bond donors (Lipinski definition) is 3. The van der Waals surface area contributed by atoms with Crippen LogP contribution in [0.25, 0.3) is 5.57 Å². The van der Waals surface area contributed by atoms with Crippen LogP contribution < -0.4 is 5.32 Å². The minimum absolute atomic E-state index is 0.0557. The molecule has 1 aromatic rings. The Morgan fingerprint density at radius 1 is 1.25 bits per heavy atom. The summed E-state index contributed by atoms with van der Waals surface area (Å²) in [4.78, 5) is 23.4. The number of carbonyl (C=O) groups excluding carboxylic acids is 1. The molecule has 0 atom stereocenters. The summed E-state index contributed by atoms with van der Waals surface area (Å²) in [7, 11) is 0. The summed E-state index contributed by atoms with van der Waals surface area (Å²) in [6, 6.07) is 7.50. The lowest BCUT2D eigenvalue weighted by Gasteiger charge is -2.33. The number of carboxylic acid groups (broad SMARTS) is 1. The Balaban J connectivity index is 0.00000114. The van der Waals surface area contributed by atoms with E-state index in [1.165, 1.54) is 5.01 Å². The van der Waals surface area contributed by atoms with Crippen molar-refractivity contribution in [2.24, 2.45) is 5.10 Å². The highest BCUT2D eigenvalue weighted by Gasteiger charge is 2.34. The number of carboxylic acids is 1. The van der Waals surface area contributed by atoms with Gasteiger partial charge in [-0.3, -0.25) is 14.6 Å². The lowest BCUT2D eigenvalue weighted by Crippen LogP contribution is -2.40. The first-order chi connectivity index (χ1) is 15.2.